The van der Waals surface area contributed by atoms with Gasteiger partial charge in [0.05, 0.1) is 12.5 Å². The molecule has 24 heavy (non-hydrogen) atoms. The van der Waals surface area contributed by atoms with E-state index in [2.05, 4.69) is 5.32 Å². The first kappa shape index (κ1) is 17.1. The first-order valence-corrected chi connectivity index (χ1v) is 9.26. The van der Waals surface area contributed by atoms with E-state index in [9.17, 15) is 9.59 Å². The molecule has 0 unspecified atom stereocenters. The van der Waals surface area contributed by atoms with E-state index in [0.717, 1.165) is 24.4 Å². The fourth-order valence-corrected chi connectivity index (χ4v) is 3.91. The fraction of sp³-hybridized carbons (Fsp3) is 0.684. The van der Waals surface area contributed by atoms with Crippen molar-refractivity contribution in [1.82, 2.24) is 10.2 Å². The number of hydrogen-bond acceptors (Lipinski definition) is 3. The average molecular weight is 332 g/mol. The highest BCUT2D eigenvalue weighted by atomic mass is 16.3. The van der Waals surface area contributed by atoms with Gasteiger partial charge in [-0.1, -0.05) is 25.7 Å². The van der Waals surface area contributed by atoms with Crippen molar-refractivity contribution in [2.75, 3.05) is 6.54 Å². The summed E-state index contributed by atoms with van der Waals surface area (Å²) in [5.41, 5.74) is 0. The summed E-state index contributed by atoms with van der Waals surface area (Å²) >= 11 is 0. The standard InChI is InChI=1S/C19H28N2O3/c1-14-8-10-17(24-14)12-20-19(23)15-9-11-18(22)21(13-15)16-6-4-2-3-5-7-16/h8,10,15-16H,2-7,9,11-13H2,1H3,(H,20,23)/t15-/m0/s1. The molecular formula is C19H28N2O3. The quantitative estimate of drug-likeness (QED) is 0.862. The normalized spacial score (nSPS) is 23.1. The lowest BCUT2D eigenvalue weighted by Gasteiger charge is -2.37. The van der Waals surface area contributed by atoms with Crippen molar-refractivity contribution < 1.29 is 14.0 Å². The molecule has 5 heteroatoms. The maximum absolute atomic E-state index is 12.5. The summed E-state index contributed by atoms with van der Waals surface area (Å²) in [5, 5.41) is 2.96. The Labute approximate surface area is 143 Å². The molecule has 5 nitrogen and oxygen atoms in total. The lowest BCUT2D eigenvalue weighted by molar-refractivity contribution is -0.141. The Kier molecular flexibility index (Phi) is 5.59. The van der Waals surface area contributed by atoms with Crippen molar-refractivity contribution >= 4 is 11.8 Å². The van der Waals surface area contributed by atoms with Gasteiger partial charge in [-0.2, -0.15) is 0 Å². The van der Waals surface area contributed by atoms with E-state index in [0.29, 0.717) is 32.0 Å². The molecule has 1 aromatic heterocycles. The Morgan fingerprint density at radius 2 is 1.96 bits per heavy atom. The summed E-state index contributed by atoms with van der Waals surface area (Å²) in [6, 6.07) is 4.12. The van der Waals surface area contributed by atoms with Crippen LogP contribution in [-0.2, 0) is 16.1 Å². The molecule has 1 saturated carbocycles. The van der Waals surface area contributed by atoms with Crippen LogP contribution < -0.4 is 5.32 Å². The molecule has 2 amide bonds. The van der Waals surface area contributed by atoms with E-state index >= 15 is 0 Å². The summed E-state index contributed by atoms with van der Waals surface area (Å²) in [6.07, 6.45) is 8.26. The lowest BCUT2D eigenvalue weighted by Crippen LogP contribution is -2.49. The van der Waals surface area contributed by atoms with Crippen molar-refractivity contribution in [3.63, 3.8) is 0 Å². The van der Waals surface area contributed by atoms with Crippen LogP contribution in [0.25, 0.3) is 0 Å². The number of aryl methyl sites for hydroxylation is 1. The zero-order chi connectivity index (χ0) is 16.9. The van der Waals surface area contributed by atoms with Crippen molar-refractivity contribution in [1.29, 1.82) is 0 Å². The van der Waals surface area contributed by atoms with E-state index in [-0.39, 0.29) is 17.7 Å². The van der Waals surface area contributed by atoms with Gasteiger partial charge in [-0.05, 0) is 38.3 Å². The highest BCUT2D eigenvalue weighted by Crippen LogP contribution is 2.27. The predicted molar refractivity (Wildman–Crippen MR) is 91.2 cm³/mol. The van der Waals surface area contributed by atoms with Crippen molar-refractivity contribution in [2.45, 2.75) is 70.9 Å². The van der Waals surface area contributed by atoms with Gasteiger partial charge in [-0.25, -0.2) is 0 Å². The third-order valence-electron chi connectivity index (χ3n) is 5.31. The van der Waals surface area contributed by atoms with Crippen molar-refractivity contribution in [2.24, 2.45) is 5.92 Å². The number of nitrogens with zero attached hydrogens (tertiary/aromatic N) is 1. The monoisotopic (exact) mass is 332 g/mol. The Hall–Kier alpha value is -1.78. The van der Waals surface area contributed by atoms with Gasteiger partial charge in [0.2, 0.25) is 11.8 Å². The number of likely N-dealkylation sites (tertiary alicyclic amines) is 1. The highest BCUT2D eigenvalue weighted by molar-refractivity contribution is 5.84. The number of piperidine rings is 1. The molecule has 0 aromatic carbocycles. The molecule has 0 radical (unpaired) electrons. The highest BCUT2D eigenvalue weighted by Gasteiger charge is 2.34. The van der Waals surface area contributed by atoms with Crippen LogP contribution in [0.1, 0.15) is 62.9 Å². The second-order valence-electron chi connectivity index (χ2n) is 7.16. The lowest BCUT2D eigenvalue weighted by atomic mass is 9.93. The molecule has 132 valence electrons. The molecule has 1 aromatic rings. The zero-order valence-electron chi connectivity index (χ0n) is 14.6. The van der Waals surface area contributed by atoms with Crippen LogP contribution in [0.2, 0.25) is 0 Å². The summed E-state index contributed by atoms with van der Waals surface area (Å²) < 4.78 is 5.49. The summed E-state index contributed by atoms with van der Waals surface area (Å²) in [4.78, 5) is 26.8. The molecule has 0 spiro atoms. The number of carbonyl (C=O) groups is 2. The van der Waals surface area contributed by atoms with Crippen LogP contribution in [0.4, 0.5) is 0 Å². The topological polar surface area (TPSA) is 62.6 Å². The van der Waals surface area contributed by atoms with Gasteiger partial charge in [0.25, 0.3) is 0 Å². The Bertz CT molecular complexity index is 573. The zero-order valence-corrected chi connectivity index (χ0v) is 14.6. The van der Waals surface area contributed by atoms with E-state index in [1.807, 2.05) is 24.0 Å². The molecule has 1 aliphatic heterocycles. The molecule has 2 aliphatic rings. The SMILES string of the molecule is Cc1ccc(CNC(=O)[C@H]2CCC(=O)N(C3CCCCCC3)C2)o1. The molecule has 1 saturated heterocycles. The third-order valence-corrected chi connectivity index (χ3v) is 5.31. The first-order chi connectivity index (χ1) is 11.6. The number of carbonyl (C=O) groups excluding carboxylic acids is 2. The Morgan fingerprint density at radius 3 is 2.62 bits per heavy atom. The second-order valence-corrected chi connectivity index (χ2v) is 7.16. The van der Waals surface area contributed by atoms with Gasteiger partial charge in [0, 0.05) is 19.0 Å². The number of hydrogen-bond donors (Lipinski definition) is 1. The van der Waals surface area contributed by atoms with Crippen LogP contribution in [0.3, 0.4) is 0 Å². The summed E-state index contributed by atoms with van der Waals surface area (Å²) in [7, 11) is 0. The van der Waals surface area contributed by atoms with E-state index in [1.54, 1.807) is 0 Å². The maximum atomic E-state index is 12.5. The van der Waals surface area contributed by atoms with Crippen LogP contribution >= 0.6 is 0 Å². The molecular weight excluding hydrogens is 304 g/mol. The molecule has 2 heterocycles. The molecule has 0 bridgehead atoms. The largest absolute Gasteiger partial charge is 0.465 e. The fourth-order valence-electron chi connectivity index (χ4n) is 3.91. The van der Waals surface area contributed by atoms with Gasteiger partial charge in [-0.15, -0.1) is 0 Å². The minimum Gasteiger partial charge on any atom is -0.465 e. The number of amides is 2. The predicted octanol–water partition coefficient (Wildman–Crippen LogP) is 3.17. The van der Waals surface area contributed by atoms with Crippen LogP contribution in [0, 0.1) is 12.8 Å². The van der Waals surface area contributed by atoms with Crippen LogP contribution in [0.5, 0.6) is 0 Å². The van der Waals surface area contributed by atoms with E-state index in [1.165, 1.54) is 25.7 Å². The van der Waals surface area contributed by atoms with Gasteiger partial charge in [-0.3, -0.25) is 9.59 Å². The molecule has 2 fully saturated rings. The molecule has 1 N–H and O–H groups in total. The molecule has 1 atom stereocenters. The van der Waals surface area contributed by atoms with Crippen molar-refractivity contribution in [3.05, 3.63) is 23.7 Å². The van der Waals surface area contributed by atoms with Crippen molar-refractivity contribution in [3.8, 4) is 0 Å². The van der Waals surface area contributed by atoms with Crippen LogP contribution in [-0.4, -0.2) is 29.3 Å². The van der Waals surface area contributed by atoms with Gasteiger partial charge in [0.15, 0.2) is 0 Å². The maximum Gasteiger partial charge on any atom is 0.225 e. The van der Waals surface area contributed by atoms with Gasteiger partial charge in [0.1, 0.15) is 11.5 Å². The smallest absolute Gasteiger partial charge is 0.225 e. The van der Waals surface area contributed by atoms with Gasteiger partial charge >= 0.3 is 0 Å². The molecule has 3 rings (SSSR count). The Morgan fingerprint density at radius 1 is 1.21 bits per heavy atom. The second kappa shape index (κ2) is 7.86. The first-order valence-electron chi connectivity index (χ1n) is 9.26. The average Bonchev–Trinajstić information content (AvgIpc) is 2.83. The minimum atomic E-state index is -0.0954. The summed E-state index contributed by atoms with van der Waals surface area (Å²) in [6.45, 7) is 2.88. The summed E-state index contributed by atoms with van der Waals surface area (Å²) in [5.74, 6) is 1.79. The number of furan rings is 1. The Balaban J connectivity index is 1.55. The minimum absolute atomic E-state index is 0.0372. The van der Waals surface area contributed by atoms with Crippen LogP contribution in [0.15, 0.2) is 16.5 Å². The van der Waals surface area contributed by atoms with E-state index < -0.39 is 0 Å². The van der Waals surface area contributed by atoms with E-state index in [4.69, 9.17) is 4.42 Å². The third kappa shape index (κ3) is 4.19. The molecule has 1 aliphatic carbocycles. The van der Waals surface area contributed by atoms with Gasteiger partial charge < -0.3 is 14.6 Å². The number of nitrogens with one attached hydrogen (secondary N) is 1. The number of rotatable bonds is 4.